The zero-order chi connectivity index (χ0) is 23.8. The summed E-state index contributed by atoms with van der Waals surface area (Å²) < 4.78 is 28.0. The van der Waals surface area contributed by atoms with Crippen LogP contribution in [-0.4, -0.2) is 37.7 Å². The standard InChI is InChI=1S/C23H20ClN3O5S/c1-25(15-18-13-19(27(29)30)9-10-21(18)24)23(28)17-6-4-7-20(14-17)33(31,32)26-12-11-16-5-2-3-8-22(16)26/h2-10,13-14H,11-12,15H2,1H3. The minimum absolute atomic E-state index is 0.0202. The summed E-state index contributed by atoms with van der Waals surface area (Å²) in [6.07, 6.45) is 0.626. The average molecular weight is 486 g/mol. The third-order valence-corrected chi connectivity index (χ3v) is 7.69. The lowest BCUT2D eigenvalue weighted by Gasteiger charge is -2.21. The molecule has 8 nitrogen and oxygen atoms in total. The van der Waals surface area contributed by atoms with Crippen LogP contribution in [0.15, 0.2) is 71.6 Å². The molecule has 0 aliphatic carbocycles. The van der Waals surface area contributed by atoms with Gasteiger partial charge in [0.2, 0.25) is 0 Å². The molecule has 0 saturated carbocycles. The van der Waals surface area contributed by atoms with Crippen LogP contribution in [0.4, 0.5) is 11.4 Å². The van der Waals surface area contributed by atoms with Gasteiger partial charge in [-0.2, -0.15) is 0 Å². The first-order valence-electron chi connectivity index (χ1n) is 10.1. The van der Waals surface area contributed by atoms with Crippen LogP contribution in [0.3, 0.4) is 0 Å². The molecule has 10 heteroatoms. The molecule has 4 rings (SSSR count). The third kappa shape index (κ3) is 4.42. The molecular weight excluding hydrogens is 466 g/mol. The van der Waals surface area contributed by atoms with Crippen molar-refractivity contribution >= 4 is 38.9 Å². The summed E-state index contributed by atoms with van der Waals surface area (Å²) in [7, 11) is -2.32. The summed E-state index contributed by atoms with van der Waals surface area (Å²) in [6.45, 7) is 0.362. The summed E-state index contributed by atoms with van der Waals surface area (Å²) in [5.41, 5.74) is 2.08. The summed E-state index contributed by atoms with van der Waals surface area (Å²) in [4.78, 5) is 24.9. The highest BCUT2D eigenvalue weighted by atomic mass is 35.5. The number of hydrogen-bond donors (Lipinski definition) is 0. The van der Waals surface area contributed by atoms with Gasteiger partial charge in [0.1, 0.15) is 0 Å². The molecule has 0 aromatic heterocycles. The first kappa shape index (κ1) is 22.8. The molecule has 0 fully saturated rings. The number of benzene rings is 3. The van der Waals surface area contributed by atoms with E-state index in [4.69, 9.17) is 11.6 Å². The number of amides is 1. The Bertz CT molecular complexity index is 1360. The largest absolute Gasteiger partial charge is 0.337 e. The molecule has 1 heterocycles. The molecule has 3 aromatic carbocycles. The lowest BCUT2D eigenvalue weighted by Crippen LogP contribution is -2.30. The van der Waals surface area contributed by atoms with Crippen LogP contribution in [0.25, 0.3) is 0 Å². The minimum atomic E-state index is -3.85. The average Bonchev–Trinajstić information content (AvgIpc) is 3.25. The van der Waals surface area contributed by atoms with Crippen LogP contribution < -0.4 is 4.31 Å². The Morgan fingerprint density at radius 2 is 1.88 bits per heavy atom. The number of nitro groups is 1. The Morgan fingerprint density at radius 3 is 2.64 bits per heavy atom. The first-order chi connectivity index (χ1) is 15.7. The summed E-state index contributed by atoms with van der Waals surface area (Å²) in [5.74, 6) is -0.434. The van der Waals surface area contributed by atoms with E-state index in [9.17, 15) is 23.3 Å². The highest BCUT2D eigenvalue weighted by Gasteiger charge is 2.31. The lowest BCUT2D eigenvalue weighted by molar-refractivity contribution is -0.384. The van der Waals surface area contributed by atoms with Gasteiger partial charge in [-0.05, 0) is 47.9 Å². The molecule has 0 saturated heterocycles. The van der Waals surface area contributed by atoms with Gasteiger partial charge in [0.25, 0.3) is 21.6 Å². The molecule has 1 aliphatic heterocycles. The fraction of sp³-hybridized carbons (Fsp3) is 0.174. The molecule has 1 aliphatic rings. The molecule has 0 spiro atoms. The van der Waals surface area contributed by atoms with Crippen molar-refractivity contribution < 1.29 is 18.1 Å². The van der Waals surface area contributed by atoms with E-state index in [1.54, 1.807) is 12.1 Å². The van der Waals surface area contributed by atoms with Crippen LogP contribution in [0, 0.1) is 10.1 Å². The third-order valence-electron chi connectivity index (χ3n) is 5.51. The highest BCUT2D eigenvalue weighted by Crippen LogP contribution is 2.33. The van der Waals surface area contributed by atoms with E-state index in [1.165, 1.54) is 58.7 Å². The lowest BCUT2D eigenvalue weighted by atomic mass is 10.1. The maximum Gasteiger partial charge on any atom is 0.269 e. The first-order valence-corrected chi connectivity index (χ1v) is 11.9. The van der Waals surface area contributed by atoms with Crippen LogP contribution >= 0.6 is 11.6 Å². The molecule has 0 bridgehead atoms. The van der Waals surface area contributed by atoms with Crippen LogP contribution in [0.1, 0.15) is 21.5 Å². The highest BCUT2D eigenvalue weighted by molar-refractivity contribution is 7.92. The van der Waals surface area contributed by atoms with E-state index in [2.05, 4.69) is 0 Å². The predicted octanol–water partition coefficient (Wildman–Crippen LogP) is 4.27. The molecule has 170 valence electrons. The summed E-state index contributed by atoms with van der Waals surface area (Å²) >= 11 is 6.15. The van der Waals surface area contributed by atoms with Crippen molar-refractivity contribution in [3.8, 4) is 0 Å². The van der Waals surface area contributed by atoms with Crippen LogP contribution in [0.2, 0.25) is 5.02 Å². The van der Waals surface area contributed by atoms with Gasteiger partial charge in [0.05, 0.1) is 15.5 Å². The fourth-order valence-electron chi connectivity index (χ4n) is 3.82. The number of anilines is 1. The van der Waals surface area contributed by atoms with E-state index in [-0.39, 0.29) is 22.7 Å². The van der Waals surface area contributed by atoms with Gasteiger partial charge in [0, 0.05) is 42.9 Å². The van der Waals surface area contributed by atoms with Crippen molar-refractivity contribution in [3.05, 3.63) is 98.6 Å². The molecule has 3 aromatic rings. The Hall–Kier alpha value is -3.43. The number of rotatable bonds is 6. The summed E-state index contributed by atoms with van der Waals surface area (Å²) in [6, 6.07) is 17.2. The van der Waals surface area contributed by atoms with Gasteiger partial charge in [-0.3, -0.25) is 19.2 Å². The number of carbonyl (C=O) groups is 1. The van der Waals surface area contributed by atoms with Crippen molar-refractivity contribution in [3.63, 3.8) is 0 Å². The second-order valence-electron chi connectivity index (χ2n) is 7.68. The van der Waals surface area contributed by atoms with E-state index >= 15 is 0 Å². The van der Waals surface area contributed by atoms with Gasteiger partial charge in [0.15, 0.2) is 0 Å². The molecule has 0 radical (unpaired) electrons. The number of non-ortho nitro benzene ring substituents is 1. The second-order valence-corrected chi connectivity index (χ2v) is 9.95. The van der Waals surface area contributed by atoms with Crippen LogP contribution in [0.5, 0.6) is 0 Å². The number of nitrogens with zero attached hydrogens (tertiary/aromatic N) is 3. The number of carbonyl (C=O) groups excluding carboxylic acids is 1. The Morgan fingerprint density at radius 1 is 1.12 bits per heavy atom. The van der Waals surface area contributed by atoms with Gasteiger partial charge in [-0.1, -0.05) is 35.9 Å². The SMILES string of the molecule is CN(Cc1cc([N+](=O)[O-])ccc1Cl)C(=O)c1cccc(S(=O)(=O)N2CCc3ccccc32)c1. The van der Waals surface area contributed by atoms with E-state index in [0.717, 1.165) is 5.56 Å². The molecule has 33 heavy (non-hydrogen) atoms. The normalized spacial score (nSPS) is 13.0. The van der Waals surface area contributed by atoms with Gasteiger partial charge >= 0.3 is 0 Å². The van der Waals surface area contributed by atoms with Crippen molar-refractivity contribution in [1.82, 2.24) is 4.90 Å². The fourth-order valence-corrected chi connectivity index (χ4v) is 5.54. The van der Waals surface area contributed by atoms with Crippen molar-refractivity contribution in [2.45, 2.75) is 17.9 Å². The van der Waals surface area contributed by atoms with Gasteiger partial charge < -0.3 is 4.90 Å². The number of halogens is 1. The molecule has 0 atom stereocenters. The number of para-hydroxylation sites is 1. The van der Waals surface area contributed by atoms with Crippen LogP contribution in [-0.2, 0) is 23.0 Å². The number of hydrogen-bond acceptors (Lipinski definition) is 5. The molecule has 1 amide bonds. The molecule has 0 unspecified atom stereocenters. The minimum Gasteiger partial charge on any atom is -0.337 e. The summed E-state index contributed by atoms with van der Waals surface area (Å²) in [5, 5.41) is 11.3. The Kier molecular flexibility index (Phi) is 6.09. The number of nitro benzene ring substituents is 1. The van der Waals surface area contributed by atoms with E-state index in [0.29, 0.717) is 29.2 Å². The zero-order valence-corrected chi connectivity index (χ0v) is 19.2. The Labute approximate surface area is 196 Å². The van der Waals surface area contributed by atoms with Crippen molar-refractivity contribution in [1.29, 1.82) is 0 Å². The topological polar surface area (TPSA) is 101 Å². The van der Waals surface area contributed by atoms with Crippen molar-refractivity contribution in [2.75, 3.05) is 17.9 Å². The maximum absolute atomic E-state index is 13.3. The maximum atomic E-state index is 13.3. The van der Waals surface area contributed by atoms with E-state index in [1.807, 2.05) is 12.1 Å². The second kappa shape index (κ2) is 8.84. The quantitative estimate of drug-likeness (QED) is 0.383. The molecular formula is C23H20ClN3O5S. The van der Waals surface area contributed by atoms with Crippen molar-refractivity contribution in [2.24, 2.45) is 0 Å². The van der Waals surface area contributed by atoms with Gasteiger partial charge in [-0.15, -0.1) is 0 Å². The monoisotopic (exact) mass is 485 g/mol. The molecule has 0 N–H and O–H groups in total. The van der Waals surface area contributed by atoms with Gasteiger partial charge in [-0.25, -0.2) is 8.42 Å². The van der Waals surface area contributed by atoms with E-state index < -0.39 is 20.9 Å². The number of sulfonamides is 1. The zero-order valence-electron chi connectivity index (χ0n) is 17.6. The predicted molar refractivity (Wildman–Crippen MR) is 125 cm³/mol. The smallest absolute Gasteiger partial charge is 0.269 e. The Balaban J connectivity index is 1.58. The number of fused-ring (bicyclic) bond motifs is 1.